The van der Waals surface area contributed by atoms with Gasteiger partial charge in [-0.05, 0) is 18.8 Å². The SMILES string of the molecule is CC(CC(=O)O)CC(=O)NCCCCC(N)=O. The Kier molecular flexibility index (Phi) is 7.75. The van der Waals surface area contributed by atoms with Gasteiger partial charge in [0, 0.05) is 25.8 Å². The van der Waals surface area contributed by atoms with Crippen molar-refractivity contribution in [3.05, 3.63) is 0 Å². The van der Waals surface area contributed by atoms with Gasteiger partial charge in [-0.2, -0.15) is 0 Å². The maximum atomic E-state index is 11.3. The van der Waals surface area contributed by atoms with E-state index in [1.807, 2.05) is 0 Å². The van der Waals surface area contributed by atoms with Gasteiger partial charge in [0.15, 0.2) is 0 Å². The van der Waals surface area contributed by atoms with Gasteiger partial charge in [0.1, 0.15) is 0 Å². The van der Waals surface area contributed by atoms with Gasteiger partial charge in [-0.25, -0.2) is 0 Å². The molecule has 0 aromatic carbocycles. The first-order chi connectivity index (χ1) is 7.91. The fourth-order valence-corrected chi connectivity index (χ4v) is 1.41. The van der Waals surface area contributed by atoms with E-state index >= 15 is 0 Å². The van der Waals surface area contributed by atoms with Crippen molar-refractivity contribution in [1.29, 1.82) is 0 Å². The van der Waals surface area contributed by atoms with Crippen molar-refractivity contribution in [1.82, 2.24) is 5.32 Å². The molecule has 6 nitrogen and oxygen atoms in total. The van der Waals surface area contributed by atoms with Crippen molar-refractivity contribution in [2.75, 3.05) is 6.54 Å². The molecule has 1 atom stereocenters. The van der Waals surface area contributed by atoms with E-state index in [9.17, 15) is 14.4 Å². The highest BCUT2D eigenvalue weighted by Crippen LogP contribution is 2.06. The van der Waals surface area contributed by atoms with Crippen LogP contribution in [0.3, 0.4) is 0 Å². The third-order valence-electron chi connectivity index (χ3n) is 2.23. The molecule has 0 aliphatic heterocycles. The maximum Gasteiger partial charge on any atom is 0.303 e. The molecule has 0 aromatic heterocycles. The Balaban J connectivity index is 3.52. The smallest absolute Gasteiger partial charge is 0.303 e. The Labute approximate surface area is 101 Å². The molecule has 0 spiro atoms. The Bertz CT molecular complexity index is 279. The molecule has 0 bridgehead atoms. The molecule has 2 amide bonds. The summed E-state index contributed by atoms with van der Waals surface area (Å²) in [6.07, 6.45) is 1.88. The average molecular weight is 244 g/mol. The zero-order valence-corrected chi connectivity index (χ0v) is 10.1. The minimum absolute atomic E-state index is 0.00487. The van der Waals surface area contributed by atoms with E-state index in [0.29, 0.717) is 25.8 Å². The van der Waals surface area contributed by atoms with Crippen LogP contribution in [-0.2, 0) is 14.4 Å². The lowest BCUT2D eigenvalue weighted by Gasteiger charge is -2.09. The molecule has 0 rings (SSSR count). The van der Waals surface area contributed by atoms with E-state index in [0.717, 1.165) is 0 Å². The van der Waals surface area contributed by atoms with Crippen molar-refractivity contribution >= 4 is 17.8 Å². The second-order valence-electron chi connectivity index (χ2n) is 4.18. The highest BCUT2D eigenvalue weighted by atomic mass is 16.4. The summed E-state index contributed by atoms with van der Waals surface area (Å²) in [5.74, 6) is -1.56. The lowest BCUT2D eigenvalue weighted by atomic mass is 10.0. The highest BCUT2D eigenvalue weighted by Gasteiger charge is 2.11. The summed E-state index contributed by atoms with van der Waals surface area (Å²) in [5, 5.41) is 11.2. The number of carboxylic acid groups (broad SMARTS) is 1. The molecule has 0 aliphatic rings. The van der Waals surface area contributed by atoms with Crippen molar-refractivity contribution in [2.45, 2.75) is 39.0 Å². The van der Waals surface area contributed by atoms with Crippen molar-refractivity contribution < 1.29 is 19.5 Å². The Hall–Kier alpha value is -1.59. The van der Waals surface area contributed by atoms with E-state index in [1.165, 1.54) is 0 Å². The number of hydrogen-bond acceptors (Lipinski definition) is 3. The molecule has 0 radical (unpaired) electrons. The fourth-order valence-electron chi connectivity index (χ4n) is 1.41. The molecule has 0 saturated carbocycles. The largest absolute Gasteiger partial charge is 0.481 e. The number of amides is 2. The van der Waals surface area contributed by atoms with Gasteiger partial charge in [0.25, 0.3) is 0 Å². The van der Waals surface area contributed by atoms with Gasteiger partial charge in [0.05, 0.1) is 0 Å². The van der Waals surface area contributed by atoms with Gasteiger partial charge in [-0.3, -0.25) is 14.4 Å². The standard InChI is InChI=1S/C11H20N2O4/c1-8(7-11(16)17)6-10(15)13-5-3-2-4-9(12)14/h8H,2-7H2,1H3,(H2,12,14)(H,13,15)(H,16,17). The molecule has 0 aromatic rings. The number of aliphatic carboxylic acids is 1. The summed E-state index contributed by atoms with van der Waals surface area (Å²) < 4.78 is 0. The Morgan fingerprint density at radius 1 is 1.24 bits per heavy atom. The van der Waals surface area contributed by atoms with E-state index in [-0.39, 0.29) is 30.6 Å². The molecule has 1 unspecified atom stereocenters. The van der Waals surface area contributed by atoms with Gasteiger partial charge < -0.3 is 16.2 Å². The van der Waals surface area contributed by atoms with Crippen LogP contribution in [0.1, 0.15) is 39.0 Å². The normalized spacial score (nSPS) is 11.8. The number of hydrogen-bond donors (Lipinski definition) is 3. The molecule has 0 heterocycles. The van der Waals surface area contributed by atoms with Gasteiger partial charge in [-0.15, -0.1) is 0 Å². The lowest BCUT2D eigenvalue weighted by Crippen LogP contribution is -2.26. The quantitative estimate of drug-likeness (QED) is 0.505. The van der Waals surface area contributed by atoms with E-state index < -0.39 is 5.97 Å². The third kappa shape index (κ3) is 10.7. The topological polar surface area (TPSA) is 109 Å². The number of nitrogens with two attached hydrogens (primary N) is 1. The van der Waals surface area contributed by atoms with Gasteiger partial charge in [0.2, 0.25) is 11.8 Å². The molecule has 0 saturated heterocycles. The van der Waals surface area contributed by atoms with E-state index in [4.69, 9.17) is 10.8 Å². The molecule has 4 N–H and O–H groups in total. The predicted molar refractivity (Wildman–Crippen MR) is 62.1 cm³/mol. The first-order valence-electron chi connectivity index (χ1n) is 5.68. The van der Waals surface area contributed by atoms with Crippen LogP contribution < -0.4 is 11.1 Å². The first-order valence-corrected chi connectivity index (χ1v) is 5.68. The van der Waals surface area contributed by atoms with Crippen LogP contribution in [0, 0.1) is 5.92 Å². The van der Waals surface area contributed by atoms with Crippen molar-refractivity contribution in [3.63, 3.8) is 0 Å². The molecular formula is C11H20N2O4. The zero-order chi connectivity index (χ0) is 13.3. The number of carboxylic acids is 1. The molecular weight excluding hydrogens is 224 g/mol. The summed E-state index contributed by atoms with van der Waals surface area (Å²) in [5.41, 5.74) is 4.96. The zero-order valence-electron chi connectivity index (χ0n) is 10.1. The second-order valence-corrected chi connectivity index (χ2v) is 4.18. The van der Waals surface area contributed by atoms with Crippen LogP contribution in [0.5, 0.6) is 0 Å². The lowest BCUT2D eigenvalue weighted by molar-refractivity contribution is -0.138. The number of primary amides is 1. The van der Waals surface area contributed by atoms with E-state index in [2.05, 4.69) is 5.32 Å². The summed E-state index contributed by atoms with van der Waals surface area (Å²) in [7, 11) is 0. The fraction of sp³-hybridized carbons (Fsp3) is 0.727. The monoisotopic (exact) mass is 244 g/mol. The maximum absolute atomic E-state index is 11.3. The van der Waals surface area contributed by atoms with E-state index in [1.54, 1.807) is 6.92 Å². The van der Waals surface area contributed by atoms with Gasteiger partial charge in [-0.1, -0.05) is 6.92 Å². The molecule has 0 fully saturated rings. The van der Waals surface area contributed by atoms with Crippen LogP contribution in [-0.4, -0.2) is 29.4 Å². The summed E-state index contributed by atoms with van der Waals surface area (Å²) in [6, 6.07) is 0. The van der Waals surface area contributed by atoms with Crippen LogP contribution in [0.15, 0.2) is 0 Å². The van der Waals surface area contributed by atoms with Crippen LogP contribution in [0.4, 0.5) is 0 Å². The Morgan fingerprint density at radius 2 is 1.88 bits per heavy atom. The summed E-state index contributed by atoms with van der Waals surface area (Å²) >= 11 is 0. The number of nitrogens with one attached hydrogen (secondary N) is 1. The first kappa shape index (κ1) is 15.4. The summed E-state index contributed by atoms with van der Waals surface area (Å²) in [6.45, 7) is 2.21. The third-order valence-corrected chi connectivity index (χ3v) is 2.23. The van der Waals surface area contributed by atoms with Gasteiger partial charge >= 0.3 is 5.97 Å². The Morgan fingerprint density at radius 3 is 2.41 bits per heavy atom. The minimum atomic E-state index is -0.897. The van der Waals surface area contributed by atoms with Crippen molar-refractivity contribution in [2.24, 2.45) is 11.7 Å². The molecule has 17 heavy (non-hydrogen) atoms. The number of rotatable bonds is 9. The second kappa shape index (κ2) is 8.55. The molecule has 0 aliphatic carbocycles. The average Bonchev–Trinajstić information content (AvgIpc) is 2.14. The van der Waals surface area contributed by atoms with Crippen LogP contribution in [0.25, 0.3) is 0 Å². The predicted octanol–water partition coefficient (Wildman–Crippen LogP) is 0.259. The highest BCUT2D eigenvalue weighted by molar-refractivity contribution is 5.77. The van der Waals surface area contributed by atoms with Crippen LogP contribution >= 0.6 is 0 Å². The van der Waals surface area contributed by atoms with Crippen LogP contribution in [0.2, 0.25) is 0 Å². The molecule has 6 heteroatoms. The summed E-state index contributed by atoms with van der Waals surface area (Å²) in [4.78, 5) is 32.1. The number of unbranched alkanes of at least 4 members (excludes halogenated alkanes) is 1. The molecule has 98 valence electrons. The van der Waals surface area contributed by atoms with Crippen molar-refractivity contribution in [3.8, 4) is 0 Å². The number of carbonyl (C=O) groups excluding carboxylic acids is 2. The number of carbonyl (C=O) groups is 3. The minimum Gasteiger partial charge on any atom is -0.481 e.